The summed E-state index contributed by atoms with van der Waals surface area (Å²) in [5, 5.41) is 0. The second-order valence-electron chi connectivity index (χ2n) is 3.63. The first-order valence-corrected chi connectivity index (χ1v) is 4.91. The Bertz CT molecular complexity index is 445. The highest BCUT2D eigenvalue weighted by molar-refractivity contribution is 5.42. The molecule has 2 N–H and O–H groups in total. The number of pyridine rings is 1. The maximum atomic E-state index is 5.99. The fraction of sp³-hybridized carbons (Fsp3) is 0.364. The minimum absolute atomic E-state index is 0.0757. The van der Waals surface area contributed by atoms with Gasteiger partial charge in [-0.15, -0.1) is 0 Å². The Morgan fingerprint density at radius 3 is 3.00 bits per heavy atom. The van der Waals surface area contributed by atoms with Gasteiger partial charge in [-0.25, -0.2) is 4.98 Å². The Morgan fingerprint density at radius 1 is 1.50 bits per heavy atom. The van der Waals surface area contributed by atoms with Crippen LogP contribution in [0.25, 0.3) is 5.65 Å². The first kappa shape index (κ1) is 9.21. The van der Waals surface area contributed by atoms with Crippen molar-refractivity contribution in [3.63, 3.8) is 0 Å². The monoisotopic (exact) mass is 189 g/mol. The number of imidazole rings is 1. The molecule has 0 saturated heterocycles. The van der Waals surface area contributed by atoms with Gasteiger partial charge in [0.05, 0.1) is 11.9 Å². The van der Waals surface area contributed by atoms with Crippen LogP contribution in [0.3, 0.4) is 0 Å². The zero-order chi connectivity index (χ0) is 10.1. The lowest BCUT2D eigenvalue weighted by Gasteiger charge is -2.08. The van der Waals surface area contributed by atoms with Gasteiger partial charge in [-0.3, -0.25) is 0 Å². The summed E-state index contributed by atoms with van der Waals surface area (Å²) in [6, 6.07) is 4.15. The standard InChI is InChI=1S/C11H15N3/c1-3-9(12)10-6-13-11-5-4-8(2)7-14(10)11/h4-7,9H,3,12H2,1-2H3. The van der Waals surface area contributed by atoms with Crippen LogP contribution in [0.4, 0.5) is 0 Å². The summed E-state index contributed by atoms with van der Waals surface area (Å²) in [4.78, 5) is 4.31. The molecule has 0 radical (unpaired) electrons. The van der Waals surface area contributed by atoms with Crippen LogP contribution >= 0.6 is 0 Å². The number of hydrogen-bond donors (Lipinski definition) is 1. The SMILES string of the molecule is CCC(N)c1cnc2ccc(C)cn12. The molecule has 1 atom stereocenters. The van der Waals surface area contributed by atoms with Crippen LogP contribution in [-0.4, -0.2) is 9.38 Å². The topological polar surface area (TPSA) is 43.3 Å². The van der Waals surface area contributed by atoms with E-state index in [1.54, 1.807) is 0 Å². The van der Waals surface area contributed by atoms with Crippen molar-refractivity contribution < 1.29 is 0 Å². The van der Waals surface area contributed by atoms with Gasteiger partial charge in [-0.2, -0.15) is 0 Å². The van der Waals surface area contributed by atoms with Crippen molar-refractivity contribution in [1.82, 2.24) is 9.38 Å². The van der Waals surface area contributed by atoms with Gasteiger partial charge in [-0.05, 0) is 25.0 Å². The van der Waals surface area contributed by atoms with E-state index in [1.807, 2.05) is 12.3 Å². The van der Waals surface area contributed by atoms with Gasteiger partial charge in [0.15, 0.2) is 0 Å². The van der Waals surface area contributed by atoms with Crippen molar-refractivity contribution in [2.24, 2.45) is 5.73 Å². The molecule has 0 amide bonds. The van der Waals surface area contributed by atoms with Crippen molar-refractivity contribution in [2.45, 2.75) is 26.3 Å². The summed E-state index contributed by atoms with van der Waals surface area (Å²) in [7, 11) is 0. The minimum Gasteiger partial charge on any atom is -0.323 e. The molecule has 0 aliphatic carbocycles. The van der Waals surface area contributed by atoms with E-state index in [2.05, 4.69) is 35.5 Å². The quantitative estimate of drug-likeness (QED) is 0.785. The average molecular weight is 189 g/mol. The molecule has 3 heteroatoms. The summed E-state index contributed by atoms with van der Waals surface area (Å²) in [6.45, 7) is 4.15. The Hall–Kier alpha value is -1.35. The molecule has 0 saturated carbocycles. The summed E-state index contributed by atoms with van der Waals surface area (Å²) in [5.41, 5.74) is 9.27. The van der Waals surface area contributed by atoms with Gasteiger partial charge in [0.1, 0.15) is 5.65 Å². The third-order valence-electron chi connectivity index (χ3n) is 2.50. The summed E-state index contributed by atoms with van der Waals surface area (Å²) in [6.07, 6.45) is 4.87. The lowest BCUT2D eigenvalue weighted by molar-refractivity contribution is 0.668. The third kappa shape index (κ3) is 1.40. The van der Waals surface area contributed by atoms with Gasteiger partial charge in [-0.1, -0.05) is 13.0 Å². The molecule has 14 heavy (non-hydrogen) atoms. The van der Waals surface area contributed by atoms with Crippen LogP contribution in [0, 0.1) is 6.92 Å². The van der Waals surface area contributed by atoms with E-state index in [-0.39, 0.29) is 6.04 Å². The molecule has 0 bridgehead atoms. The predicted molar refractivity (Wildman–Crippen MR) is 57.1 cm³/mol. The molecular formula is C11H15N3. The van der Waals surface area contributed by atoms with E-state index >= 15 is 0 Å². The summed E-state index contributed by atoms with van der Waals surface area (Å²) >= 11 is 0. The molecule has 2 rings (SSSR count). The lowest BCUT2D eigenvalue weighted by Crippen LogP contribution is -2.11. The molecule has 2 heterocycles. The number of aromatic nitrogens is 2. The largest absolute Gasteiger partial charge is 0.323 e. The number of hydrogen-bond acceptors (Lipinski definition) is 2. The zero-order valence-corrected chi connectivity index (χ0v) is 8.57. The van der Waals surface area contributed by atoms with Gasteiger partial charge >= 0.3 is 0 Å². The van der Waals surface area contributed by atoms with Crippen LogP contribution in [0.5, 0.6) is 0 Å². The Morgan fingerprint density at radius 2 is 2.29 bits per heavy atom. The molecule has 1 unspecified atom stereocenters. The van der Waals surface area contributed by atoms with Crippen molar-refractivity contribution in [3.8, 4) is 0 Å². The number of nitrogens with two attached hydrogens (primary N) is 1. The Labute approximate surface area is 83.6 Å². The van der Waals surface area contributed by atoms with E-state index in [1.165, 1.54) is 5.56 Å². The molecule has 2 aromatic rings. The fourth-order valence-corrected chi connectivity index (χ4v) is 1.59. The van der Waals surface area contributed by atoms with Gasteiger partial charge in [0, 0.05) is 12.2 Å². The van der Waals surface area contributed by atoms with E-state index in [0.29, 0.717) is 0 Å². The maximum Gasteiger partial charge on any atom is 0.136 e. The zero-order valence-electron chi connectivity index (χ0n) is 8.57. The molecule has 0 aliphatic heterocycles. The second kappa shape index (κ2) is 3.42. The van der Waals surface area contributed by atoms with Crippen LogP contribution in [0.2, 0.25) is 0 Å². The Balaban J connectivity index is 2.61. The van der Waals surface area contributed by atoms with E-state index in [0.717, 1.165) is 17.8 Å². The van der Waals surface area contributed by atoms with Crippen molar-refractivity contribution in [1.29, 1.82) is 0 Å². The van der Waals surface area contributed by atoms with Crippen molar-refractivity contribution in [3.05, 3.63) is 35.8 Å². The van der Waals surface area contributed by atoms with E-state index < -0.39 is 0 Å². The lowest BCUT2D eigenvalue weighted by atomic mass is 10.2. The number of aryl methyl sites for hydroxylation is 1. The van der Waals surface area contributed by atoms with Gasteiger partial charge in [0.25, 0.3) is 0 Å². The van der Waals surface area contributed by atoms with Crippen LogP contribution in [-0.2, 0) is 0 Å². The molecule has 2 aromatic heterocycles. The fourth-order valence-electron chi connectivity index (χ4n) is 1.59. The molecule has 0 fully saturated rings. The van der Waals surface area contributed by atoms with Gasteiger partial charge in [0.2, 0.25) is 0 Å². The summed E-state index contributed by atoms with van der Waals surface area (Å²) < 4.78 is 2.07. The van der Waals surface area contributed by atoms with E-state index in [4.69, 9.17) is 5.73 Å². The predicted octanol–water partition coefficient (Wildman–Crippen LogP) is 2.05. The third-order valence-corrected chi connectivity index (χ3v) is 2.50. The van der Waals surface area contributed by atoms with Crippen molar-refractivity contribution >= 4 is 5.65 Å². The number of nitrogens with zero attached hydrogens (tertiary/aromatic N) is 2. The van der Waals surface area contributed by atoms with Gasteiger partial charge < -0.3 is 10.1 Å². The normalized spacial score (nSPS) is 13.4. The highest BCUT2D eigenvalue weighted by atomic mass is 15.0. The molecule has 0 aromatic carbocycles. The van der Waals surface area contributed by atoms with Crippen LogP contribution < -0.4 is 5.73 Å². The highest BCUT2D eigenvalue weighted by Gasteiger charge is 2.09. The van der Waals surface area contributed by atoms with Crippen molar-refractivity contribution in [2.75, 3.05) is 0 Å². The minimum atomic E-state index is 0.0757. The molecule has 0 spiro atoms. The Kier molecular flexibility index (Phi) is 2.25. The molecular weight excluding hydrogens is 174 g/mol. The number of fused-ring (bicyclic) bond motifs is 1. The van der Waals surface area contributed by atoms with Crippen LogP contribution in [0.15, 0.2) is 24.5 Å². The van der Waals surface area contributed by atoms with E-state index in [9.17, 15) is 0 Å². The number of rotatable bonds is 2. The maximum absolute atomic E-state index is 5.99. The smallest absolute Gasteiger partial charge is 0.136 e. The molecule has 3 nitrogen and oxygen atoms in total. The first-order valence-electron chi connectivity index (χ1n) is 4.91. The molecule has 74 valence electrons. The van der Waals surface area contributed by atoms with Crippen LogP contribution in [0.1, 0.15) is 30.6 Å². The average Bonchev–Trinajstić information content (AvgIpc) is 2.59. The first-order chi connectivity index (χ1) is 6.72. The second-order valence-corrected chi connectivity index (χ2v) is 3.63. The molecule has 0 aliphatic rings. The summed E-state index contributed by atoms with van der Waals surface area (Å²) in [5.74, 6) is 0. The highest BCUT2D eigenvalue weighted by Crippen LogP contribution is 2.16.